The lowest BCUT2D eigenvalue weighted by atomic mass is 9.66. The third kappa shape index (κ3) is 0.712. The maximum atomic E-state index is 5.84. The van der Waals surface area contributed by atoms with Gasteiger partial charge in [-0.1, -0.05) is 0 Å². The van der Waals surface area contributed by atoms with E-state index in [1.54, 1.807) is 0 Å². The van der Waals surface area contributed by atoms with Crippen molar-refractivity contribution in [2.24, 2.45) is 5.41 Å². The minimum Gasteiger partial charge on any atom is -0.456 e. The van der Waals surface area contributed by atoms with Crippen LogP contribution in [0, 0.1) is 5.41 Å². The normalized spacial score (nSPS) is 50.5. The first-order chi connectivity index (χ1) is 7.22. The van der Waals surface area contributed by atoms with Gasteiger partial charge in [0.1, 0.15) is 17.3 Å². The SMILES string of the molecule is CC1=C2O/C3=C(/C)C4OCC2(CO4)C1O3. The molecule has 0 aromatic carbocycles. The second-order valence-electron chi connectivity index (χ2n) is 4.69. The van der Waals surface area contributed by atoms with Crippen LogP contribution in [0.1, 0.15) is 13.8 Å². The van der Waals surface area contributed by atoms with E-state index in [1.807, 2.05) is 13.8 Å². The van der Waals surface area contributed by atoms with E-state index in [-0.39, 0.29) is 17.8 Å². The Kier molecular flexibility index (Phi) is 1.21. The lowest BCUT2D eigenvalue weighted by Crippen LogP contribution is -2.63. The van der Waals surface area contributed by atoms with Gasteiger partial charge in [0.2, 0.25) is 0 Å². The molecule has 8 rings (SSSR count). The fourth-order valence-corrected chi connectivity index (χ4v) is 2.92. The van der Waals surface area contributed by atoms with Gasteiger partial charge in [-0.3, -0.25) is 0 Å². The van der Waals surface area contributed by atoms with E-state index in [9.17, 15) is 0 Å². The molecule has 8 aliphatic rings. The second-order valence-corrected chi connectivity index (χ2v) is 4.69. The third-order valence-corrected chi connectivity index (χ3v) is 3.79. The summed E-state index contributed by atoms with van der Waals surface area (Å²) in [7, 11) is 0. The molecule has 5 bridgehead atoms. The Morgan fingerprint density at radius 1 is 1.13 bits per heavy atom. The number of hydrogen-bond donors (Lipinski definition) is 0. The van der Waals surface area contributed by atoms with Crippen LogP contribution >= 0.6 is 0 Å². The molecule has 0 N–H and O–H groups in total. The van der Waals surface area contributed by atoms with Gasteiger partial charge in [0, 0.05) is 5.57 Å². The summed E-state index contributed by atoms with van der Waals surface area (Å²) >= 11 is 0. The number of hydrogen-bond acceptors (Lipinski definition) is 4. The van der Waals surface area contributed by atoms with Crippen molar-refractivity contribution >= 4 is 0 Å². The summed E-state index contributed by atoms with van der Waals surface area (Å²) < 4.78 is 23.0. The first-order valence-corrected chi connectivity index (χ1v) is 5.22. The van der Waals surface area contributed by atoms with Crippen molar-refractivity contribution in [1.29, 1.82) is 0 Å². The zero-order chi connectivity index (χ0) is 10.2. The molecule has 0 aromatic rings. The van der Waals surface area contributed by atoms with Gasteiger partial charge < -0.3 is 18.9 Å². The predicted molar refractivity (Wildman–Crippen MR) is 49.5 cm³/mol. The van der Waals surface area contributed by atoms with Crippen molar-refractivity contribution in [3.63, 3.8) is 0 Å². The fraction of sp³-hybridized carbons (Fsp3) is 0.636. The molecule has 7 heterocycles. The smallest absolute Gasteiger partial charge is 0.289 e. The Hall–Kier alpha value is -1.00. The van der Waals surface area contributed by atoms with Gasteiger partial charge in [0.05, 0.1) is 18.8 Å². The molecule has 0 amide bonds. The molecule has 4 heteroatoms. The maximum absolute atomic E-state index is 5.84. The summed E-state index contributed by atoms with van der Waals surface area (Å²) in [4.78, 5) is 0. The lowest BCUT2D eigenvalue weighted by Gasteiger charge is -2.57. The van der Waals surface area contributed by atoms with E-state index in [2.05, 4.69) is 0 Å². The summed E-state index contributed by atoms with van der Waals surface area (Å²) in [5, 5.41) is 0. The predicted octanol–water partition coefficient (Wildman–Crippen LogP) is 1.29. The van der Waals surface area contributed by atoms with Crippen LogP contribution in [0.2, 0.25) is 0 Å². The lowest BCUT2D eigenvalue weighted by molar-refractivity contribution is -0.282. The quantitative estimate of drug-likeness (QED) is 0.601. The number of rotatable bonds is 0. The van der Waals surface area contributed by atoms with Crippen LogP contribution in [0.25, 0.3) is 0 Å². The third-order valence-electron chi connectivity index (χ3n) is 3.79. The highest BCUT2D eigenvalue weighted by Crippen LogP contribution is 2.58. The molecule has 0 radical (unpaired) electrons. The largest absolute Gasteiger partial charge is 0.456 e. The molecule has 7 aliphatic heterocycles. The van der Waals surface area contributed by atoms with Crippen molar-refractivity contribution < 1.29 is 18.9 Å². The maximum Gasteiger partial charge on any atom is 0.289 e. The van der Waals surface area contributed by atoms with Gasteiger partial charge in [-0.05, 0) is 13.8 Å². The summed E-state index contributed by atoms with van der Waals surface area (Å²) in [5.74, 6) is 1.59. The Balaban J connectivity index is 1.96. The van der Waals surface area contributed by atoms with E-state index in [0.29, 0.717) is 19.2 Å². The molecule has 80 valence electrons. The van der Waals surface area contributed by atoms with E-state index in [4.69, 9.17) is 18.9 Å². The second kappa shape index (κ2) is 2.23. The molecule has 0 aromatic heterocycles. The van der Waals surface area contributed by atoms with Gasteiger partial charge in [-0.2, -0.15) is 0 Å². The summed E-state index contributed by atoms with van der Waals surface area (Å²) in [5.41, 5.74) is 1.92. The Bertz CT molecular complexity index is 412. The summed E-state index contributed by atoms with van der Waals surface area (Å²) in [6, 6.07) is 0. The Morgan fingerprint density at radius 2 is 1.87 bits per heavy atom. The molecule has 1 aliphatic carbocycles. The summed E-state index contributed by atoms with van der Waals surface area (Å²) in [6.45, 7) is 5.25. The van der Waals surface area contributed by atoms with E-state index in [1.165, 1.54) is 5.57 Å². The highest BCUT2D eigenvalue weighted by Gasteiger charge is 2.64. The molecular weight excluding hydrogens is 196 g/mol. The van der Waals surface area contributed by atoms with Crippen LogP contribution in [0.15, 0.2) is 22.9 Å². The number of ether oxygens (including phenoxy) is 4. The first-order valence-electron chi connectivity index (χ1n) is 5.22. The van der Waals surface area contributed by atoms with Crippen LogP contribution in [-0.2, 0) is 18.9 Å². The highest BCUT2D eigenvalue weighted by molar-refractivity contribution is 5.41. The molecule has 1 unspecified atom stereocenters. The first kappa shape index (κ1) is 8.19. The fourth-order valence-electron chi connectivity index (χ4n) is 2.92. The molecule has 1 atom stereocenters. The highest BCUT2D eigenvalue weighted by atomic mass is 16.7. The van der Waals surface area contributed by atoms with Gasteiger partial charge >= 0.3 is 0 Å². The molecule has 4 nitrogen and oxygen atoms in total. The Labute approximate surface area is 87.4 Å². The van der Waals surface area contributed by atoms with Crippen LogP contribution in [0.3, 0.4) is 0 Å². The topological polar surface area (TPSA) is 36.9 Å². The zero-order valence-corrected chi connectivity index (χ0v) is 8.70. The van der Waals surface area contributed by atoms with Gasteiger partial charge in [-0.15, -0.1) is 0 Å². The molecule has 2 fully saturated rings. The van der Waals surface area contributed by atoms with E-state index < -0.39 is 0 Å². The van der Waals surface area contributed by atoms with E-state index in [0.717, 1.165) is 11.3 Å². The van der Waals surface area contributed by atoms with Crippen molar-refractivity contribution in [3.05, 3.63) is 22.9 Å². The van der Waals surface area contributed by atoms with Crippen LogP contribution in [-0.4, -0.2) is 25.6 Å². The van der Waals surface area contributed by atoms with Crippen molar-refractivity contribution in [3.8, 4) is 0 Å². The van der Waals surface area contributed by atoms with Gasteiger partial charge in [-0.25, -0.2) is 0 Å². The average molecular weight is 208 g/mol. The minimum atomic E-state index is -0.283. The minimum absolute atomic E-state index is 0.0902. The zero-order valence-electron chi connectivity index (χ0n) is 8.70. The molecule has 0 saturated carbocycles. The Morgan fingerprint density at radius 3 is 2.47 bits per heavy atom. The molecule has 15 heavy (non-hydrogen) atoms. The average Bonchev–Trinajstić information content (AvgIpc) is 2.28. The monoisotopic (exact) mass is 208 g/mol. The van der Waals surface area contributed by atoms with Crippen molar-refractivity contribution in [2.75, 3.05) is 13.2 Å². The standard InChI is InChI=1S/C11H12O4/c1-5-7-11-3-12-9(13-4-11)6(2)10(14-7)15-8(5)11/h7,9H,3-4H2,1-2H3/b10-6-. The van der Waals surface area contributed by atoms with Crippen molar-refractivity contribution in [1.82, 2.24) is 0 Å². The van der Waals surface area contributed by atoms with Crippen LogP contribution in [0.5, 0.6) is 0 Å². The van der Waals surface area contributed by atoms with Gasteiger partial charge in [0.25, 0.3) is 5.95 Å². The van der Waals surface area contributed by atoms with Crippen LogP contribution < -0.4 is 0 Å². The van der Waals surface area contributed by atoms with Gasteiger partial charge in [0.15, 0.2) is 6.29 Å². The molecule has 2 saturated heterocycles. The summed E-state index contributed by atoms with van der Waals surface area (Å²) in [6.07, 6.45) is -0.193. The molecule has 1 spiro atoms. The van der Waals surface area contributed by atoms with Crippen molar-refractivity contribution in [2.45, 2.75) is 26.2 Å². The van der Waals surface area contributed by atoms with E-state index >= 15 is 0 Å². The van der Waals surface area contributed by atoms with Crippen LogP contribution in [0.4, 0.5) is 0 Å². The molecular formula is C11H12O4.